The van der Waals surface area contributed by atoms with Crippen LogP contribution in [0, 0.1) is 0 Å². The summed E-state index contributed by atoms with van der Waals surface area (Å²) in [4.78, 5) is 23.1. The minimum atomic E-state index is -0.945. The van der Waals surface area contributed by atoms with Crippen molar-refractivity contribution in [2.75, 3.05) is 26.7 Å². The van der Waals surface area contributed by atoms with E-state index >= 15 is 0 Å². The maximum absolute atomic E-state index is 12.4. The molecule has 31 heavy (non-hydrogen) atoms. The Hall–Kier alpha value is -2.04. The fourth-order valence-corrected chi connectivity index (χ4v) is 4.06. The minimum Gasteiger partial charge on any atom is -0.481 e. The number of likely N-dealkylation sites (N-methyl/N-ethyl adjacent to an activating group) is 1. The van der Waals surface area contributed by atoms with Crippen molar-refractivity contribution in [3.8, 4) is 5.88 Å². The van der Waals surface area contributed by atoms with Crippen molar-refractivity contribution in [3.63, 3.8) is 0 Å². The number of carboxylic acids is 1. The van der Waals surface area contributed by atoms with Gasteiger partial charge in [-0.25, -0.2) is 4.79 Å². The highest BCUT2D eigenvalue weighted by molar-refractivity contribution is 6.99. The van der Waals surface area contributed by atoms with Crippen LogP contribution in [0.25, 0.3) is 5.57 Å². The summed E-state index contributed by atoms with van der Waals surface area (Å²) in [6.45, 7) is 6.14. The van der Waals surface area contributed by atoms with Crippen LogP contribution < -0.4 is 10.5 Å². The number of unbranched alkanes of at least 4 members (excludes halogenated alkanes) is 3. The molecule has 9 nitrogen and oxygen atoms in total. The normalized spacial score (nSPS) is 20.6. The zero-order valence-electron chi connectivity index (χ0n) is 18.8. The molecule has 4 N–H and O–H groups in total. The number of quaternary nitrogens is 2. The maximum Gasteiger partial charge on any atom is 0.369 e. The number of rotatable bonds is 13. The Kier molecular flexibility index (Phi) is 9.86. The molecule has 0 saturated carbocycles. The van der Waals surface area contributed by atoms with Crippen LogP contribution in [0.2, 0.25) is 0 Å². The van der Waals surface area contributed by atoms with Crippen LogP contribution in [-0.4, -0.2) is 69.3 Å². The van der Waals surface area contributed by atoms with Crippen LogP contribution in [0.5, 0.6) is 5.88 Å². The van der Waals surface area contributed by atoms with Crippen LogP contribution in [0.4, 0.5) is 0 Å². The van der Waals surface area contributed by atoms with E-state index in [4.69, 9.17) is 14.6 Å². The lowest BCUT2D eigenvalue weighted by atomic mass is 10.0. The van der Waals surface area contributed by atoms with Crippen LogP contribution in [-0.2, 0) is 14.3 Å². The Balaban J connectivity index is 1.96. The van der Waals surface area contributed by atoms with Crippen molar-refractivity contribution >= 4 is 29.2 Å². The quantitative estimate of drug-likeness (QED) is 0.264. The molecule has 0 bridgehead atoms. The average Bonchev–Trinajstić information content (AvgIpc) is 3.20. The van der Waals surface area contributed by atoms with Crippen LogP contribution in [0.1, 0.15) is 64.5 Å². The number of ether oxygens (including phenoxy) is 2. The van der Waals surface area contributed by atoms with Gasteiger partial charge in [-0.15, -0.1) is 4.37 Å². The molecule has 2 unspecified atom stereocenters. The molecule has 1 aromatic rings. The predicted molar refractivity (Wildman–Crippen MR) is 117 cm³/mol. The summed E-state index contributed by atoms with van der Waals surface area (Å²) in [7, 11) is 2.05. The van der Waals surface area contributed by atoms with Gasteiger partial charge in [-0.3, -0.25) is 9.28 Å². The maximum atomic E-state index is 12.4. The van der Waals surface area contributed by atoms with Crippen molar-refractivity contribution < 1.29 is 34.4 Å². The zero-order chi connectivity index (χ0) is 22.9. The Morgan fingerprint density at radius 3 is 2.81 bits per heavy atom. The minimum absolute atomic E-state index is 0.102. The third-order valence-corrected chi connectivity index (χ3v) is 6.28. The summed E-state index contributed by atoms with van der Waals surface area (Å²) < 4.78 is 20.9. The number of hydrogen-bond donors (Lipinski definition) is 2. The number of nitrogens with zero attached hydrogens (tertiary/aromatic N) is 3. The highest BCUT2D eigenvalue weighted by Crippen LogP contribution is 2.31. The molecular formula is C21H36N4O5S+2. The third kappa shape index (κ3) is 7.55. The smallest absolute Gasteiger partial charge is 0.369 e. The predicted octanol–water partition coefficient (Wildman–Crippen LogP) is 2.10. The van der Waals surface area contributed by atoms with Gasteiger partial charge in [0.2, 0.25) is 6.23 Å². The molecule has 0 fully saturated rings. The van der Waals surface area contributed by atoms with Gasteiger partial charge in [-0.2, -0.15) is 4.37 Å². The molecule has 174 valence electrons. The number of aromatic nitrogens is 2. The molecule has 0 spiro atoms. The molecule has 10 heteroatoms. The van der Waals surface area contributed by atoms with E-state index in [2.05, 4.69) is 27.5 Å². The summed E-state index contributed by atoms with van der Waals surface area (Å²) >= 11 is 1.14. The van der Waals surface area contributed by atoms with Gasteiger partial charge in [0, 0.05) is 25.3 Å². The zero-order valence-corrected chi connectivity index (χ0v) is 19.7. The van der Waals surface area contributed by atoms with E-state index in [1.165, 1.54) is 12.8 Å². The molecule has 2 rings (SSSR count). The highest BCUT2D eigenvalue weighted by Gasteiger charge is 2.38. The molecule has 1 aromatic heterocycles. The van der Waals surface area contributed by atoms with Gasteiger partial charge in [-0.05, 0) is 6.42 Å². The van der Waals surface area contributed by atoms with Crippen molar-refractivity contribution in [3.05, 3.63) is 11.8 Å². The van der Waals surface area contributed by atoms with Crippen molar-refractivity contribution in [2.45, 2.75) is 71.1 Å². The topological polar surface area (TPSA) is 126 Å². The largest absolute Gasteiger partial charge is 0.481 e. The van der Waals surface area contributed by atoms with Gasteiger partial charge in [0.05, 0.1) is 38.3 Å². The van der Waals surface area contributed by atoms with E-state index in [9.17, 15) is 9.59 Å². The number of carbonyl (C=O) groups is 2. The first kappa shape index (κ1) is 25.2. The van der Waals surface area contributed by atoms with Gasteiger partial charge < -0.3 is 20.3 Å². The molecule has 3 atom stereocenters. The summed E-state index contributed by atoms with van der Waals surface area (Å²) in [5.41, 5.74) is 5.58. The van der Waals surface area contributed by atoms with Gasteiger partial charge in [0.25, 0.3) is 5.88 Å². The van der Waals surface area contributed by atoms with Crippen LogP contribution in [0.3, 0.4) is 0 Å². The molecular weight excluding hydrogens is 420 g/mol. The summed E-state index contributed by atoms with van der Waals surface area (Å²) in [6.07, 6.45) is 7.18. The second-order valence-corrected chi connectivity index (χ2v) is 8.90. The SMILES string of the molecule is CCCCCCOc1nsnc1C1=CCC[N+](C)(C(C)OC(=O)[C@@H]([NH3+])CCC(=O)O)C1. The molecule has 0 aromatic carbocycles. The van der Waals surface area contributed by atoms with Crippen molar-refractivity contribution in [1.82, 2.24) is 8.75 Å². The molecule has 1 aliphatic rings. The number of esters is 1. The van der Waals surface area contributed by atoms with E-state index < -0.39 is 24.2 Å². The molecule has 0 radical (unpaired) electrons. The average molecular weight is 457 g/mol. The van der Waals surface area contributed by atoms with Crippen molar-refractivity contribution in [2.24, 2.45) is 0 Å². The standard InChI is InChI=1S/C21H34N4O5S/c1-4-5-6-7-13-29-20-19(23-31-24-20)16-9-8-12-25(3,14-16)15(2)30-21(28)17(22)10-11-18(26)27/h9,15,17H,4-8,10-14,22H2,1-3H3/p+2/t15?,17-,25?/m0/s1. The third-order valence-electron chi connectivity index (χ3n) is 5.77. The van der Waals surface area contributed by atoms with Crippen molar-refractivity contribution in [1.29, 1.82) is 0 Å². The molecule has 2 heterocycles. The van der Waals surface area contributed by atoms with Gasteiger partial charge in [0.1, 0.15) is 12.2 Å². The van der Waals surface area contributed by atoms with Crippen LogP contribution >= 0.6 is 11.7 Å². The highest BCUT2D eigenvalue weighted by atomic mass is 32.1. The van der Waals surface area contributed by atoms with Gasteiger partial charge in [0.15, 0.2) is 6.04 Å². The summed E-state index contributed by atoms with van der Waals surface area (Å²) in [5.74, 6) is -0.826. The van der Waals surface area contributed by atoms with Gasteiger partial charge in [-0.1, -0.05) is 32.3 Å². The lowest BCUT2D eigenvalue weighted by molar-refractivity contribution is -0.944. The summed E-state index contributed by atoms with van der Waals surface area (Å²) in [5, 5.41) is 8.80. The van der Waals surface area contributed by atoms with E-state index in [1.807, 2.05) is 14.0 Å². The second kappa shape index (κ2) is 12.1. The Morgan fingerprint density at radius 1 is 1.32 bits per heavy atom. The second-order valence-electron chi connectivity index (χ2n) is 8.37. The Labute approximate surface area is 188 Å². The molecule has 1 aliphatic heterocycles. The van der Waals surface area contributed by atoms with E-state index in [-0.39, 0.29) is 12.8 Å². The van der Waals surface area contributed by atoms with E-state index in [0.717, 1.165) is 48.8 Å². The van der Waals surface area contributed by atoms with E-state index in [1.54, 1.807) is 0 Å². The lowest BCUT2D eigenvalue weighted by Crippen LogP contribution is -2.66. The first-order valence-corrected chi connectivity index (χ1v) is 11.7. The Bertz CT molecular complexity index is 769. The number of carbonyl (C=O) groups excluding carboxylic acids is 1. The fraction of sp³-hybridized carbons (Fsp3) is 0.714. The Morgan fingerprint density at radius 2 is 2.10 bits per heavy atom. The summed E-state index contributed by atoms with van der Waals surface area (Å²) in [6, 6.07) is -0.694. The fourth-order valence-electron chi connectivity index (χ4n) is 3.52. The monoisotopic (exact) mass is 456 g/mol. The molecule has 0 amide bonds. The number of hydrogen-bond acceptors (Lipinski definition) is 7. The first-order valence-electron chi connectivity index (χ1n) is 11.0. The number of carboxylic acid groups (broad SMARTS) is 1. The van der Waals surface area contributed by atoms with E-state index in [0.29, 0.717) is 23.5 Å². The molecule has 0 aliphatic carbocycles. The lowest BCUT2D eigenvalue weighted by Gasteiger charge is -2.41. The molecule has 0 saturated heterocycles. The number of aliphatic carboxylic acids is 1. The van der Waals surface area contributed by atoms with Gasteiger partial charge >= 0.3 is 11.9 Å². The van der Waals surface area contributed by atoms with Crippen LogP contribution in [0.15, 0.2) is 6.08 Å². The first-order chi connectivity index (χ1) is 14.8.